The van der Waals surface area contributed by atoms with E-state index in [1.54, 1.807) is 21.3 Å². The minimum absolute atomic E-state index is 0.347. The molecule has 19 heavy (non-hydrogen) atoms. The SMILES string of the molecule is COCc1ccc(OC)c(C2(N)CCCC2)c1OC. The molecule has 1 aromatic carbocycles. The fourth-order valence-corrected chi connectivity index (χ4v) is 3.01. The number of hydrogen-bond acceptors (Lipinski definition) is 4. The first kappa shape index (κ1) is 14.2. The zero-order valence-electron chi connectivity index (χ0n) is 12.0. The minimum atomic E-state index is -0.347. The van der Waals surface area contributed by atoms with Crippen LogP contribution in [0.15, 0.2) is 12.1 Å². The standard InChI is InChI=1S/C15H23NO3/c1-17-10-11-6-7-12(18-2)13(14(11)19-3)15(16)8-4-5-9-15/h6-7H,4-5,8-10,16H2,1-3H3. The van der Waals surface area contributed by atoms with Crippen LogP contribution in [0.4, 0.5) is 0 Å². The lowest BCUT2D eigenvalue weighted by Crippen LogP contribution is -2.34. The van der Waals surface area contributed by atoms with E-state index in [2.05, 4.69) is 0 Å². The van der Waals surface area contributed by atoms with Crippen molar-refractivity contribution in [2.24, 2.45) is 5.73 Å². The van der Waals surface area contributed by atoms with Crippen molar-refractivity contribution in [3.63, 3.8) is 0 Å². The molecule has 0 amide bonds. The molecule has 1 saturated carbocycles. The van der Waals surface area contributed by atoms with Crippen molar-refractivity contribution < 1.29 is 14.2 Å². The molecule has 2 N–H and O–H groups in total. The first-order valence-corrected chi connectivity index (χ1v) is 6.68. The lowest BCUT2D eigenvalue weighted by Gasteiger charge is -2.29. The molecule has 0 unspecified atom stereocenters. The molecular weight excluding hydrogens is 242 g/mol. The average molecular weight is 265 g/mol. The Kier molecular flexibility index (Phi) is 4.32. The number of nitrogens with two attached hydrogens (primary N) is 1. The van der Waals surface area contributed by atoms with Gasteiger partial charge in [-0.2, -0.15) is 0 Å². The Morgan fingerprint density at radius 1 is 1.11 bits per heavy atom. The van der Waals surface area contributed by atoms with Gasteiger partial charge < -0.3 is 19.9 Å². The third kappa shape index (κ3) is 2.55. The third-order valence-corrected chi connectivity index (χ3v) is 3.92. The number of rotatable bonds is 5. The van der Waals surface area contributed by atoms with Gasteiger partial charge in [-0.25, -0.2) is 0 Å². The second-order valence-electron chi connectivity index (χ2n) is 5.13. The van der Waals surface area contributed by atoms with E-state index < -0.39 is 0 Å². The molecule has 0 heterocycles. The van der Waals surface area contributed by atoms with E-state index in [1.807, 2.05) is 12.1 Å². The summed E-state index contributed by atoms with van der Waals surface area (Å²) in [5, 5.41) is 0. The van der Waals surface area contributed by atoms with E-state index in [1.165, 1.54) is 0 Å². The van der Waals surface area contributed by atoms with Crippen LogP contribution in [0.25, 0.3) is 0 Å². The molecule has 2 rings (SSSR count). The van der Waals surface area contributed by atoms with Crippen LogP contribution in [0.2, 0.25) is 0 Å². The van der Waals surface area contributed by atoms with E-state index in [-0.39, 0.29) is 5.54 Å². The maximum absolute atomic E-state index is 6.60. The molecule has 4 heteroatoms. The largest absolute Gasteiger partial charge is 0.496 e. The molecule has 106 valence electrons. The highest BCUT2D eigenvalue weighted by Gasteiger charge is 2.37. The quantitative estimate of drug-likeness (QED) is 0.889. The van der Waals surface area contributed by atoms with Crippen LogP contribution >= 0.6 is 0 Å². The van der Waals surface area contributed by atoms with Crippen LogP contribution < -0.4 is 15.2 Å². The van der Waals surface area contributed by atoms with Crippen LogP contribution in [0.5, 0.6) is 11.5 Å². The van der Waals surface area contributed by atoms with Crippen molar-refractivity contribution in [3.8, 4) is 11.5 Å². The predicted molar refractivity (Wildman–Crippen MR) is 74.6 cm³/mol. The van der Waals surface area contributed by atoms with Crippen molar-refractivity contribution in [1.82, 2.24) is 0 Å². The Bertz CT molecular complexity index is 439. The second kappa shape index (κ2) is 5.80. The Balaban J connectivity index is 2.56. The smallest absolute Gasteiger partial charge is 0.133 e. The van der Waals surface area contributed by atoms with Crippen LogP contribution in [-0.2, 0) is 16.9 Å². The van der Waals surface area contributed by atoms with Crippen molar-refractivity contribution in [2.45, 2.75) is 37.8 Å². The van der Waals surface area contributed by atoms with Crippen LogP contribution in [-0.4, -0.2) is 21.3 Å². The van der Waals surface area contributed by atoms with Gasteiger partial charge in [-0.15, -0.1) is 0 Å². The fraction of sp³-hybridized carbons (Fsp3) is 0.600. The number of methoxy groups -OCH3 is 3. The highest BCUT2D eigenvalue weighted by Crippen LogP contribution is 2.46. The summed E-state index contributed by atoms with van der Waals surface area (Å²) in [7, 11) is 5.03. The second-order valence-corrected chi connectivity index (χ2v) is 5.13. The number of benzene rings is 1. The van der Waals surface area contributed by atoms with Crippen LogP contribution in [0.3, 0.4) is 0 Å². The predicted octanol–water partition coefficient (Wildman–Crippen LogP) is 2.58. The highest BCUT2D eigenvalue weighted by atomic mass is 16.5. The Morgan fingerprint density at radius 2 is 1.79 bits per heavy atom. The van der Waals surface area contributed by atoms with Crippen molar-refractivity contribution in [2.75, 3.05) is 21.3 Å². The topological polar surface area (TPSA) is 53.7 Å². The zero-order valence-corrected chi connectivity index (χ0v) is 12.0. The highest BCUT2D eigenvalue weighted by molar-refractivity contribution is 5.54. The first-order chi connectivity index (χ1) is 9.16. The van der Waals surface area contributed by atoms with E-state index in [9.17, 15) is 0 Å². The molecule has 0 radical (unpaired) electrons. The molecule has 0 bridgehead atoms. The van der Waals surface area contributed by atoms with E-state index in [0.29, 0.717) is 6.61 Å². The van der Waals surface area contributed by atoms with Gasteiger partial charge in [-0.05, 0) is 25.0 Å². The van der Waals surface area contributed by atoms with Crippen molar-refractivity contribution in [3.05, 3.63) is 23.3 Å². The molecule has 0 saturated heterocycles. The van der Waals surface area contributed by atoms with Gasteiger partial charge in [-0.3, -0.25) is 0 Å². The van der Waals surface area contributed by atoms with Crippen molar-refractivity contribution in [1.29, 1.82) is 0 Å². The molecule has 0 spiro atoms. The summed E-state index contributed by atoms with van der Waals surface area (Å²) in [6.45, 7) is 0.510. The van der Waals surface area contributed by atoms with Crippen LogP contribution in [0.1, 0.15) is 36.8 Å². The Labute approximate surface area is 114 Å². The van der Waals surface area contributed by atoms with E-state index in [0.717, 1.165) is 48.3 Å². The van der Waals surface area contributed by atoms with Gasteiger partial charge in [0, 0.05) is 18.2 Å². The lowest BCUT2D eigenvalue weighted by atomic mass is 9.86. The van der Waals surface area contributed by atoms with Gasteiger partial charge in [0.05, 0.1) is 26.4 Å². The summed E-state index contributed by atoms with van der Waals surface area (Å²) >= 11 is 0. The molecule has 1 aliphatic carbocycles. The van der Waals surface area contributed by atoms with Gasteiger partial charge in [0.15, 0.2) is 0 Å². The third-order valence-electron chi connectivity index (χ3n) is 3.92. The molecule has 1 fully saturated rings. The van der Waals surface area contributed by atoms with Gasteiger partial charge >= 0.3 is 0 Å². The van der Waals surface area contributed by atoms with Gasteiger partial charge in [-0.1, -0.05) is 12.8 Å². The summed E-state index contributed by atoms with van der Waals surface area (Å²) in [6.07, 6.45) is 4.24. The average Bonchev–Trinajstić information content (AvgIpc) is 2.86. The normalized spacial score (nSPS) is 17.5. The van der Waals surface area contributed by atoms with Gasteiger partial charge in [0.1, 0.15) is 11.5 Å². The fourth-order valence-electron chi connectivity index (χ4n) is 3.01. The molecule has 4 nitrogen and oxygen atoms in total. The summed E-state index contributed by atoms with van der Waals surface area (Å²) in [5.74, 6) is 1.62. The first-order valence-electron chi connectivity index (χ1n) is 6.68. The van der Waals surface area contributed by atoms with E-state index in [4.69, 9.17) is 19.9 Å². The Hall–Kier alpha value is -1.26. The number of ether oxygens (including phenoxy) is 3. The number of hydrogen-bond donors (Lipinski definition) is 1. The zero-order chi connectivity index (χ0) is 13.9. The lowest BCUT2D eigenvalue weighted by molar-refractivity contribution is 0.181. The maximum atomic E-state index is 6.60. The minimum Gasteiger partial charge on any atom is -0.496 e. The summed E-state index contributed by atoms with van der Waals surface area (Å²) < 4.78 is 16.3. The molecule has 0 atom stereocenters. The molecule has 0 aromatic heterocycles. The summed E-state index contributed by atoms with van der Waals surface area (Å²) in [6, 6.07) is 3.93. The van der Waals surface area contributed by atoms with E-state index >= 15 is 0 Å². The summed E-state index contributed by atoms with van der Waals surface area (Å²) in [4.78, 5) is 0. The maximum Gasteiger partial charge on any atom is 0.133 e. The van der Waals surface area contributed by atoms with Gasteiger partial charge in [0.25, 0.3) is 0 Å². The molecule has 1 aromatic rings. The van der Waals surface area contributed by atoms with Gasteiger partial charge in [0.2, 0.25) is 0 Å². The molecule has 1 aliphatic rings. The monoisotopic (exact) mass is 265 g/mol. The van der Waals surface area contributed by atoms with Crippen molar-refractivity contribution >= 4 is 0 Å². The molecule has 0 aliphatic heterocycles. The Morgan fingerprint density at radius 3 is 2.32 bits per heavy atom. The summed E-state index contributed by atoms with van der Waals surface area (Å²) in [5.41, 5.74) is 8.25. The van der Waals surface area contributed by atoms with Crippen LogP contribution in [0, 0.1) is 0 Å². The molecular formula is C15H23NO3.